The van der Waals surface area contributed by atoms with E-state index in [0.29, 0.717) is 60.2 Å². The Morgan fingerprint density at radius 2 is 1.26 bits per heavy atom. The summed E-state index contributed by atoms with van der Waals surface area (Å²) in [4.78, 5) is 25.7. The number of carbonyl (C=O) groups is 2. The average molecular weight is 539 g/mol. The van der Waals surface area contributed by atoms with Crippen molar-refractivity contribution in [2.24, 2.45) is 11.8 Å². The Bertz CT molecular complexity index is 1130. The minimum Gasteiger partial charge on any atom is -0.434 e. The maximum Gasteiger partial charge on any atom is 0.513 e. The van der Waals surface area contributed by atoms with Crippen molar-refractivity contribution in [2.75, 3.05) is 13.2 Å². The lowest BCUT2D eigenvalue weighted by Crippen LogP contribution is -2.20. The van der Waals surface area contributed by atoms with Gasteiger partial charge in [-0.05, 0) is 44.4 Å². The molecule has 2 atom stereocenters. The molecule has 2 aromatic carbocycles. The first-order valence-corrected chi connectivity index (χ1v) is 14.8. The van der Waals surface area contributed by atoms with Gasteiger partial charge in [-0.2, -0.15) is 0 Å². The van der Waals surface area contributed by atoms with Crippen LogP contribution >= 0.6 is 0 Å². The maximum atomic E-state index is 12.9. The molecule has 2 unspecified atom stereocenters. The summed E-state index contributed by atoms with van der Waals surface area (Å²) in [5.74, 6) is 1.60. The Labute approximate surface area is 234 Å². The molecule has 2 aromatic rings. The summed E-state index contributed by atoms with van der Waals surface area (Å²) in [5.41, 5.74) is 2.85. The van der Waals surface area contributed by atoms with Crippen LogP contribution in [-0.4, -0.2) is 25.5 Å². The van der Waals surface area contributed by atoms with Crippen LogP contribution in [0.2, 0.25) is 0 Å². The van der Waals surface area contributed by atoms with E-state index in [-0.39, 0.29) is 0 Å². The minimum atomic E-state index is -0.700. The van der Waals surface area contributed by atoms with Crippen LogP contribution in [0.1, 0.15) is 97.1 Å². The molecule has 0 saturated heterocycles. The topological polar surface area (TPSA) is 71.1 Å². The highest BCUT2D eigenvalue weighted by Crippen LogP contribution is 2.44. The lowest BCUT2D eigenvalue weighted by atomic mass is 9.87. The summed E-state index contributed by atoms with van der Waals surface area (Å²) in [6.07, 6.45) is 10.3. The highest BCUT2D eigenvalue weighted by atomic mass is 16.7. The summed E-state index contributed by atoms with van der Waals surface area (Å²) >= 11 is 0. The largest absolute Gasteiger partial charge is 0.513 e. The third kappa shape index (κ3) is 8.48. The van der Waals surface area contributed by atoms with Crippen molar-refractivity contribution in [1.82, 2.24) is 0 Å². The van der Waals surface area contributed by atoms with E-state index in [2.05, 4.69) is 40.7 Å². The van der Waals surface area contributed by atoms with Crippen molar-refractivity contribution in [3.05, 3.63) is 47.0 Å². The highest BCUT2D eigenvalue weighted by Gasteiger charge is 2.27. The Hall–Kier alpha value is -3.02. The van der Waals surface area contributed by atoms with Crippen LogP contribution in [0.4, 0.5) is 9.59 Å². The fourth-order valence-corrected chi connectivity index (χ4v) is 5.14. The van der Waals surface area contributed by atoms with Crippen molar-refractivity contribution in [2.45, 2.75) is 98.8 Å². The van der Waals surface area contributed by atoms with E-state index < -0.39 is 12.3 Å². The molecule has 0 aromatic heterocycles. The number of hydrogen-bond donors (Lipinski definition) is 0. The summed E-state index contributed by atoms with van der Waals surface area (Å²) in [5, 5.41) is 1.41. The van der Waals surface area contributed by atoms with E-state index in [0.717, 1.165) is 68.1 Å². The van der Waals surface area contributed by atoms with Gasteiger partial charge in [-0.25, -0.2) is 9.59 Å². The molecule has 0 spiro atoms. The smallest absolute Gasteiger partial charge is 0.434 e. The standard InChI is InChI=1S/C33H46O6/c1-6-10-14-24(8-3)21-36-32(34)38-30-26-16-12-13-17-27(26)31(29-20-23(5)18-19-28(29)30)39-33(35)37-22-25(9-4)15-11-7-2/h12-13,16-18,24-25H,6-11,14-15,19-22H2,1-5H3. The minimum absolute atomic E-state index is 0.324. The monoisotopic (exact) mass is 538 g/mol. The molecule has 6 nitrogen and oxygen atoms in total. The van der Waals surface area contributed by atoms with Gasteiger partial charge in [-0.3, -0.25) is 0 Å². The Kier molecular flexibility index (Phi) is 12.2. The van der Waals surface area contributed by atoms with Gasteiger partial charge in [0, 0.05) is 21.9 Å². The number of allylic oxidation sites excluding steroid dienone is 2. The predicted molar refractivity (Wildman–Crippen MR) is 156 cm³/mol. The number of unbranched alkanes of at least 4 members (excludes halogenated alkanes) is 2. The van der Waals surface area contributed by atoms with Crippen molar-refractivity contribution in [3.63, 3.8) is 0 Å². The molecule has 0 saturated carbocycles. The van der Waals surface area contributed by atoms with Gasteiger partial charge in [0.15, 0.2) is 0 Å². The molecule has 0 bridgehead atoms. The van der Waals surface area contributed by atoms with Gasteiger partial charge in [0.2, 0.25) is 0 Å². The van der Waals surface area contributed by atoms with Crippen molar-refractivity contribution in [1.29, 1.82) is 0 Å². The molecular formula is C33H46O6. The maximum absolute atomic E-state index is 12.9. The fraction of sp³-hybridized carbons (Fsp3) is 0.576. The molecule has 0 amide bonds. The second-order valence-electron chi connectivity index (χ2n) is 10.8. The first kappa shape index (κ1) is 30.5. The van der Waals surface area contributed by atoms with Gasteiger partial charge in [-0.1, -0.05) is 102 Å². The van der Waals surface area contributed by atoms with E-state index in [1.807, 2.05) is 24.3 Å². The molecule has 0 aliphatic heterocycles. The van der Waals surface area contributed by atoms with Gasteiger partial charge in [0.25, 0.3) is 0 Å². The zero-order valence-electron chi connectivity index (χ0n) is 24.5. The van der Waals surface area contributed by atoms with Crippen molar-refractivity contribution in [3.8, 4) is 11.5 Å². The normalized spacial score (nSPS) is 14.2. The molecule has 214 valence electrons. The Morgan fingerprint density at radius 1 is 0.769 bits per heavy atom. The van der Waals surface area contributed by atoms with E-state index >= 15 is 0 Å². The molecule has 0 radical (unpaired) electrons. The second kappa shape index (κ2) is 15.5. The summed E-state index contributed by atoms with van der Waals surface area (Å²) in [6.45, 7) is 11.3. The van der Waals surface area contributed by atoms with Crippen LogP contribution in [-0.2, 0) is 22.3 Å². The Balaban J connectivity index is 1.86. The summed E-state index contributed by atoms with van der Waals surface area (Å²) in [6, 6.07) is 7.54. The third-order valence-corrected chi connectivity index (χ3v) is 7.77. The molecule has 3 rings (SSSR count). The first-order valence-electron chi connectivity index (χ1n) is 14.8. The van der Waals surface area contributed by atoms with E-state index in [4.69, 9.17) is 18.9 Å². The molecule has 0 heterocycles. The fourth-order valence-electron chi connectivity index (χ4n) is 5.14. The van der Waals surface area contributed by atoms with E-state index in [1.54, 1.807) is 0 Å². The number of fused-ring (bicyclic) bond motifs is 2. The molecule has 6 heteroatoms. The summed E-state index contributed by atoms with van der Waals surface area (Å²) < 4.78 is 22.9. The number of benzene rings is 2. The van der Waals surface area contributed by atoms with Crippen LogP contribution in [0.5, 0.6) is 11.5 Å². The molecule has 0 fully saturated rings. The van der Waals surface area contributed by atoms with Crippen molar-refractivity contribution < 1.29 is 28.5 Å². The Morgan fingerprint density at radius 3 is 1.72 bits per heavy atom. The number of ether oxygens (including phenoxy) is 4. The lowest BCUT2D eigenvalue weighted by molar-refractivity contribution is 0.0794. The quantitative estimate of drug-likeness (QED) is 0.136. The SMILES string of the molecule is CCCCC(CC)COC(=O)Oc1c2c(c(OC(=O)OCC(CC)CCCC)c3ccccc13)CC(C)=CC2. The zero-order valence-corrected chi connectivity index (χ0v) is 24.5. The van der Waals surface area contributed by atoms with Crippen LogP contribution in [0.25, 0.3) is 10.8 Å². The van der Waals surface area contributed by atoms with Crippen LogP contribution < -0.4 is 9.47 Å². The van der Waals surface area contributed by atoms with Crippen molar-refractivity contribution >= 4 is 23.1 Å². The third-order valence-electron chi connectivity index (χ3n) is 7.77. The molecule has 0 N–H and O–H groups in total. The molecule has 1 aliphatic carbocycles. The van der Waals surface area contributed by atoms with E-state index in [9.17, 15) is 9.59 Å². The van der Waals surface area contributed by atoms with Crippen LogP contribution in [0.3, 0.4) is 0 Å². The van der Waals surface area contributed by atoms with Gasteiger partial charge in [0.05, 0.1) is 13.2 Å². The van der Waals surface area contributed by atoms with Crippen LogP contribution in [0, 0.1) is 11.8 Å². The molecule has 1 aliphatic rings. The predicted octanol–water partition coefficient (Wildman–Crippen LogP) is 9.35. The number of hydrogen-bond acceptors (Lipinski definition) is 6. The number of carbonyl (C=O) groups excluding carboxylic acids is 2. The number of rotatable bonds is 14. The second-order valence-corrected chi connectivity index (χ2v) is 10.8. The highest BCUT2D eigenvalue weighted by molar-refractivity contribution is 5.98. The lowest BCUT2D eigenvalue weighted by Gasteiger charge is -2.24. The van der Waals surface area contributed by atoms with Gasteiger partial charge in [-0.15, -0.1) is 0 Å². The van der Waals surface area contributed by atoms with Gasteiger partial charge >= 0.3 is 12.3 Å². The average Bonchev–Trinajstić information content (AvgIpc) is 2.95. The van der Waals surface area contributed by atoms with E-state index in [1.165, 1.54) is 0 Å². The zero-order chi connectivity index (χ0) is 28.2. The summed E-state index contributed by atoms with van der Waals surface area (Å²) in [7, 11) is 0. The molecule has 39 heavy (non-hydrogen) atoms. The first-order chi connectivity index (χ1) is 18.9. The molecular weight excluding hydrogens is 492 g/mol. The van der Waals surface area contributed by atoms with Gasteiger partial charge < -0.3 is 18.9 Å². The van der Waals surface area contributed by atoms with Gasteiger partial charge in [0.1, 0.15) is 11.5 Å². The van der Waals surface area contributed by atoms with Crippen LogP contribution in [0.15, 0.2) is 35.9 Å².